The van der Waals surface area contributed by atoms with E-state index in [0.29, 0.717) is 6.54 Å². The van der Waals surface area contributed by atoms with Gasteiger partial charge in [0.1, 0.15) is 5.75 Å². The molecule has 0 saturated carbocycles. The van der Waals surface area contributed by atoms with Gasteiger partial charge >= 0.3 is 0 Å². The Morgan fingerprint density at radius 3 is 2.33 bits per heavy atom. The van der Waals surface area contributed by atoms with Gasteiger partial charge in [-0.15, -0.1) is 0 Å². The van der Waals surface area contributed by atoms with Gasteiger partial charge in [0.05, 0.1) is 13.2 Å². The molecule has 1 unspecified atom stereocenters. The van der Waals surface area contributed by atoms with Crippen molar-refractivity contribution in [3.63, 3.8) is 0 Å². The molecule has 1 rings (SSSR count). The molecule has 3 N–H and O–H groups in total. The normalized spacial score (nSPS) is 12.9. The summed E-state index contributed by atoms with van der Waals surface area (Å²) in [5.41, 5.74) is 6.66. The van der Waals surface area contributed by atoms with Crippen LogP contribution in [-0.4, -0.2) is 19.1 Å². The van der Waals surface area contributed by atoms with Crippen molar-refractivity contribution >= 4 is 5.91 Å². The van der Waals surface area contributed by atoms with E-state index in [4.69, 9.17) is 10.5 Å². The highest BCUT2D eigenvalue weighted by Crippen LogP contribution is 2.17. The predicted octanol–water partition coefficient (Wildman–Crippen LogP) is 1.68. The summed E-state index contributed by atoms with van der Waals surface area (Å²) in [6.45, 7) is 6.33. The number of methoxy groups -OCH3 is 1. The average Bonchev–Trinajstić information content (AvgIpc) is 2.34. The Morgan fingerprint density at radius 1 is 1.33 bits per heavy atom. The number of rotatable bonds is 4. The van der Waals surface area contributed by atoms with E-state index in [1.807, 2.05) is 45.0 Å². The van der Waals surface area contributed by atoms with Crippen molar-refractivity contribution in [2.75, 3.05) is 7.11 Å². The Morgan fingerprint density at radius 2 is 1.89 bits per heavy atom. The highest BCUT2D eigenvalue weighted by Gasteiger charge is 2.26. The number of carbonyl (C=O) groups excluding carboxylic acids is 1. The van der Waals surface area contributed by atoms with Gasteiger partial charge in [0.2, 0.25) is 5.91 Å². The van der Waals surface area contributed by atoms with Gasteiger partial charge in [-0.25, -0.2) is 0 Å². The number of nitrogens with two attached hydrogens (primary N) is 1. The van der Waals surface area contributed by atoms with Crippen LogP contribution in [0.25, 0.3) is 0 Å². The number of hydrogen-bond acceptors (Lipinski definition) is 3. The standard InChI is InChI=1S/C14H22N2O2/c1-14(2,3)12(15)13(17)16-9-10-5-7-11(18-4)8-6-10/h5-8,12H,9,15H2,1-4H3,(H,16,17). The van der Waals surface area contributed by atoms with E-state index in [0.717, 1.165) is 11.3 Å². The van der Waals surface area contributed by atoms with Gasteiger partial charge in [0.15, 0.2) is 0 Å². The molecule has 0 bridgehead atoms. The molecule has 1 aromatic rings. The lowest BCUT2D eigenvalue weighted by Crippen LogP contribution is -2.48. The van der Waals surface area contributed by atoms with Crippen LogP contribution in [-0.2, 0) is 11.3 Å². The molecule has 1 amide bonds. The third-order valence-electron chi connectivity index (χ3n) is 2.84. The molecule has 0 fully saturated rings. The summed E-state index contributed by atoms with van der Waals surface area (Å²) in [5.74, 6) is 0.676. The third-order valence-corrected chi connectivity index (χ3v) is 2.84. The largest absolute Gasteiger partial charge is 0.497 e. The van der Waals surface area contributed by atoms with Gasteiger partial charge in [-0.3, -0.25) is 4.79 Å². The second kappa shape index (κ2) is 5.87. The zero-order valence-electron chi connectivity index (χ0n) is 11.5. The number of nitrogens with one attached hydrogen (secondary N) is 1. The molecule has 0 aliphatic rings. The van der Waals surface area contributed by atoms with Crippen molar-refractivity contribution in [3.8, 4) is 5.75 Å². The first-order valence-electron chi connectivity index (χ1n) is 6.01. The van der Waals surface area contributed by atoms with Crippen LogP contribution >= 0.6 is 0 Å². The summed E-state index contributed by atoms with van der Waals surface area (Å²) in [4.78, 5) is 11.8. The van der Waals surface area contributed by atoms with E-state index in [1.165, 1.54) is 0 Å². The fraction of sp³-hybridized carbons (Fsp3) is 0.500. The van der Waals surface area contributed by atoms with Crippen molar-refractivity contribution in [2.24, 2.45) is 11.1 Å². The molecule has 0 aromatic heterocycles. The van der Waals surface area contributed by atoms with Crippen LogP contribution in [0, 0.1) is 5.41 Å². The highest BCUT2D eigenvalue weighted by molar-refractivity contribution is 5.82. The van der Waals surface area contributed by atoms with Gasteiger partial charge in [-0.2, -0.15) is 0 Å². The predicted molar refractivity (Wildman–Crippen MR) is 72.3 cm³/mol. The fourth-order valence-electron chi connectivity index (χ4n) is 1.44. The van der Waals surface area contributed by atoms with Gasteiger partial charge in [0.25, 0.3) is 0 Å². The molecule has 18 heavy (non-hydrogen) atoms. The molecule has 1 atom stereocenters. The average molecular weight is 250 g/mol. The van der Waals surface area contributed by atoms with Crippen molar-refractivity contribution in [2.45, 2.75) is 33.4 Å². The van der Waals surface area contributed by atoms with Crippen LogP contribution < -0.4 is 15.8 Å². The number of hydrogen-bond donors (Lipinski definition) is 2. The van der Waals surface area contributed by atoms with E-state index in [9.17, 15) is 4.79 Å². The maximum absolute atomic E-state index is 11.8. The van der Waals surface area contributed by atoms with E-state index in [-0.39, 0.29) is 11.3 Å². The number of ether oxygens (including phenoxy) is 1. The SMILES string of the molecule is COc1ccc(CNC(=O)C(N)C(C)(C)C)cc1. The van der Waals surface area contributed by atoms with Crippen LogP contribution in [0.1, 0.15) is 26.3 Å². The Kier molecular flexibility index (Phi) is 4.73. The maximum Gasteiger partial charge on any atom is 0.237 e. The lowest BCUT2D eigenvalue weighted by Gasteiger charge is -2.25. The van der Waals surface area contributed by atoms with Gasteiger partial charge in [0, 0.05) is 6.54 Å². The van der Waals surface area contributed by atoms with E-state index in [2.05, 4.69) is 5.32 Å². The molecule has 1 aromatic carbocycles. The monoisotopic (exact) mass is 250 g/mol. The van der Waals surface area contributed by atoms with Gasteiger partial charge in [-0.1, -0.05) is 32.9 Å². The van der Waals surface area contributed by atoms with E-state index < -0.39 is 6.04 Å². The second-order valence-corrected chi connectivity index (χ2v) is 5.41. The molecule has 0 saturated heterocycles. The number of amides is 1. The molecule has 100 valence electrons. The highest BCUT2D eigenvalue weighted by atomic mass is 16.5. The Balaban J connectivity index is 2.52. The first kappa shape index (κ1) is 14.5. The van der Waals surface area contributed by atoms with Crippen molar-refractivity contribution in [1.29, 1.82) is 0 Å². The van der Waals surface area contributed by atoms with Crippen molar-refractivity contribution < 1.29 is 9.53 Å². The zero-order valence-corrected chi connectivity index (χ0v) is 11.5. The summed E-state index contributed by atoms with van der Waals surface area (Å²) < 4.78 is 5.07. The van der Waals surface area contributed by atoms with Gasteiger partial charge in [-0.05, 0) is 23.1 Å². The zero-order chi connectivity index (χ0) is 13.8. The van der Waals surface area contributed by atoms with E-state index >= 15 is 0 Å². The van der Waals surface area contributed by atoms with Crippen LogP contribution in [0.2, 0.25) is 0 Å². The van der Waals surface area contributed by atoms with Crippen molar-refractivity contribution in [3.05, 3.63) is 29.8 Å². The summed E-state index contributed by atoms with van der Waals surface area (Å²) in [7, 11) is 1.62. The molecule has 0 radical (unpaired) electrons. The van der Waals surface area contributed by atoms with Crippen LogP contribution in [0.4, 0.5) is 0 Å². The summed E-state index contributed by atoms with van der Waals surface area (Å²) in [6.07, 6.45) is 0. The third kappa shape index (κ3) is 4.04. The number of carbonyl (C=O) groups is 1. The maximum atomic E-state index is 11.8. The fourth-order valence-corrected chi connectivity index (χ4v) is 1.44. The first-order valence-corrected chi connectivity index (χ1v) is 6.01. The van der Waals surface area contributed by atoms with E-state index in [1.54, 1.807) is 7.11 Å². The Labute approximate surface area is 109 Å². The summed E-state index contributed by atoms with van der Waals surface area (Å²) >= 11 is 0. The molecule has 0 heterocycles. The molecule has 0 spiro atoms. The summed E-state index contributed by atoms with van der Waals surface area (Å²) in [5, 5.41) is 2.84. The smallest absolute Gasteiger partial charge is 0.237 e. The first-order chi connectivity index (χ1) is 8.34. The molecular weight excluding hydrogens is 228 g/mol. The molecular formula is C14H22N2O2. The number of benzene rings is 1. The molecule has 0 aliphatic carbocycles. The second-order valence-electron chi connectivity index (χ2n) is 5.41. The Bertz CT molecular complexity index is 393. The molecule has 4 nitrogen and oxygen atoms in total. The minimum absolute atomic E-state index is 0.127. The lowest BCUT2D eigenvalue weighted by atomic mass is 9.87. The topological polar surface area (TPSA) is 64.3 Å². The van der Waals surface area contributed by atoms with Crippen molar-refractivity contribution in [1.82, 2.24) is 5.32 Å². The minimum Gasteiger partial charge on any atom is -0.497 e. The van der Waals surface area contributed by atoms with Crippen LogP contribution in [0.5, 0.6) is 5.75 Å². The van der Waals surface area contributed by atoms with Crippen LogP contribution in [0.3, 0.4) is 0 Å². The van der Waals surface area contributed by atoms with Crippen LogP contribution in [0.15, 0.2) is 24.3 Å². The van der Waals surface area contributed by atoms with Gasteiger partial charge < -0.3 is 15.8 Å². The molecule has 0 aliphatic heterocycles. The Hall–Kier alpha value is -1.55. The lowest BCUT2D eigenvalue weighted by molar-refractivity contribution is -0.124. The quantitative estimate of drug-likeness (QED) is 0.854. The molecule has 4 heteroatoms. The summed E-state index contributed by atoms with van der Waals surface area (Å²) in [6, 6.07) is 7.07. The minimum atomic E-state index is -0.504.